The Bertz CT molecular complexity index is 413. The fourth-order valence-electron chi connectivity index (χ4n) is 1.64. The first kappa shape index (κ1) is 12.9. The van der Waals surface area contributed by atoms with Crippen molar-refractivity contribution in [2.75, 3.05) is 13.2 Å². The van der Waals surface area contributed by atoms with Crippen molar-refractivity contribution < 1.29 is 14.6 Å². The highest BCUT2D eigenvalue weighted by molar-refractivity contribution is 5.77. The van der Waals surface area contributed by atoms with Crippen LogP contribution in [0.15, 0.2) is 24.3 Å². The predicted octanol–water partition coefficient (Wildman–Crippen LogP) is 1.64. The predicted molar refractivity (Wildman–Crippen MR) is 68.3 cm³/mol. The molecule has 1 aromatic carbocycles. The number of aliphatic hydroxyl groups is 1. The summed E-state index contributed by atoms with van der Waals surface area (Å²) in [6, 6.07) is 7.16. The van der Waals surface area contributed by atoms with Crippen molar-refractivity contribution in [3.63, 3.8) is 0 Å². The number of ether oxygens (including phenoxy) is 1. The number of carbonyl (C=O) groups is 1. The van der Waals surface area contributed by atoms with E-state index in [4.69, 9.17) is 4.74 Å². The summed E-state index contributed by atoms with van der Waals surface area (Å²) < 4.78 is 5.39. The number of benzene rings is 1. The Kier molecular flexibility index (Phi) is 4.20. The van der Waals surface area contributed by atoms with Gasteiger partial charge in [0, 0.05) is 6.54 Å². The highest BCUT2D eigenvalue weighted by atomic mass is 16.5. The maximum atomic E-state index is 11.5. The van der Waals surface area contributed by atoms with Crippen LogP contribution in [0.25, 0.3) is 0 Å². The molecular weight excluding hydrogens is 230 g/mol. The third kappa shape index (κ3) is 4.04. The van der Waals surface area contributed by atoms with Gasteiger partial charge in [0.2, 0.25) is 0 Å². The van der Waals surface area contributed by atoms with Crippen LogP contribution in [0.4, 0.5) is 0 Å². The van der Waals surface area contributed by atoms with E-state index >= 15 is 0 Å². The van der Waals surface area contributed by atoms with Crippen molar-refractivity contribution in [2.24, 2.45) is 5.92 Å². The molecule has 1 aliphatic carbocycles. The molecule has 98 valence electrons. The molecule has 1 amide bonds. The zero-order valence-corrected chi connectivity index (χ0v) is 10.6. The molecule has 0 aromatic heterocycles. The fourth-order valence-corrected chi connectivity index (χ4v) is 1.64. The lowest BCUT2D eigenvalue weighted by atomic mass is 10.1. The van der Waals surface area contributed by atoms with Gasteiger partial charge in [-0.15, -0.1) is 0 Å². The Morgan fingerprint density at radius 1 is 1.56 bits per heavy atom. The Morgan fingerprint density at radius 2 is 2.33 bits per heavy atom. The molecule has 0 radical (unpaired) electrons. The summed E-state index contributed by atoms with van der Waals surface area (Å²) in [5.74, 6) is 1.19. The highest BCUT2D eigenvalue weighted by Crippen LogP contribution is 2.27. The van der Waals surface area contributed by atoms with E-state index in [0.29, 0.717) is 11.7 Å². The van der Waals surface area contributed by atoms with Gasteiger partial charge in [0.25, 0.3) is 5.91 Å². The summed E-state index contributed by atoms with van der Waals surface area (Å²) in [7, 11) is 0. The molecule has 1 atom stereocenters. The van der Waals surface area contributed by atoms with E-state index in [1.54, 1.807) is 25.1 Å². The van der Waals surface area contributed by atoms with Crippen molar-refractivity contribution in [1.29, 1.82) is 0 Å². The van der Waals surface area contributed by atoms with Gasteiger partial charge >= 0.3 is 0 Å². The normalized spacial score (nSPS) is 16.1. The van der Waals surface area contributed by atoms with Crippen LogP contribution in [-0.4, -0.2) is 24.2 Å². The second kappa shape index (κ2) is 5.87. The number of hydrogen-bond donors (Lipinski definition) is 2. The van der Waals surface area contributed by atoms with Gasteiger partial charge in [-0.1, -0.05) is 12.1 Å². The molecule has 2 N–H and O–H groups in total. The molecule has 1 saturated carbocycles. The van der Waals surface area contributed by atoms with Gasteiger partial charge in [-0.05, 0) is 43.4 Å². The molecule has 0 heterocycles. The number of nitrogens with one attached hydrogen (secondary N) is 1. The second-order valence-electron chi connectivity index (χ2n) is 4.78. The molecule has 1 fully saturated rings. The zero-order valence-electron chi connectivity index (χ0n) is 10.6. The van der Waals surface area contributed by atoms with Crippen LogP contribution in [0.5, 0.6) is 5.75 Å². The summed E-state index contributed by atoms with van der Waals surface area (Å²) in [5.41, 5.74) is 0.783. The standard InChI is InChI=1S/C14H19NO3/c1-10(16)12-3-2-4-13(7-12)18-9-14(17)15-8-11-5-6-11/h2-4,7,10-11,16H,5-6,8-9H2,1H3,(H,15,17)/t10-/m1/s1. The molecule has 0 aliphatic heterocycles. The van der Waals surface area contributed by atoms with Crippen molar-refractivity contribution >= 4 is 5.91 Å². The number of aliphatic hydroxyl groups excluding tert-OH is 1. The van der Waals surface area contributed by atoms with Gasteiger partial charge in [-0.25, -0.2) is 0 Å². The molecule has 0 unspecified atom stereocenters. The third-order valence-electron chi connectivity index (χ3n) is 3.00. The van der Waals surface area contributed by atoms with E-state index in [-0.39, 0.29) is 12.5 Å². The quantitative estimate of drug-likeness (QED) is 0.806. The maximum absolute atomic E-state index is 11.5. The van der Waals surface area contributed by atoms with Crippen LogP contribution < -0.4 is 10.1 Å². The third-order valence-corrected chi connectivity index (χ3v) is 3.00. The highest BCUT2D eigenvalue weighted by Gasteiger charge is 2.21. The molecule has 4 nitrogen and oxygen atoms in total. The minimum absolute atomic E-state index is 0.0238. The minimum atomic E-state index is -0.530. The van der Waals surface area contributed by atoms with E-state index in [0.717, 1.165) is 12.1 Å². The van der Waals surface area contributed by atoms with Crippen molar-refractivity contribution in [1.82, 2.24) is 5.32 Å². The smallest absolute Gasteiger partial charge is 0.257 e. The van der Waals surface area contributed by atoms with E-state index < -0.39 is 6.10 Å². The average Bonchev–Trinajstić information content (AvgIpc) is 3.18. The van der Waals surface area contributed by atoms with Crippen LogP contribution >= 0.6 is 0 Å². The van der Waals surface area contributed by atoms with Crippen molar-refractivity contribution in [3.05, 3.63) is 29.8 Å². The Balaban J connectivity index is 1.77. The second-order valence-corrected chi connectivity index (χ2v) is 4.78. The SMILES string of the molecule is C[C@@H](O)c1cccc(OCC(=O)NCC2CC2)c1. The van der Waals surface area contributed by atoms with E-state index in [1.807, 2.05) is 6.07 Å². The summed E-state index contributed by atoms with van der Waals surface area (Å²) in [6.45, 7) is 2.48. The van der Waals surface area contributed by atoms with Crippen LogP contribution in [-0.2, 0) is 4.79 Å². The molecule has 0 spiro atoms. The summed E-state index contributed by atoms with van der Waals surface area (Å²) in [4.78, 5) is 11.5. The van der Waals surface area contributed by atoms with E-state index in [1.165, 1.54) is 12.8 Å². The summed E-state index contributed by atoms with van der Waals surface area (Å²) >= 11 is 0. The van der Waals surface area contributed by atoms with E-state index in [9.17, 15) is 9.90 Å². The lowest BCUT2D eigenvalue weighted by molar-refractivity contribution is -0.123. The maximum Gasteiger partial charge on any atom is 0.257 e. The van der Waals surface area contributed by atoms with Gasteiger partial charge < -0.3 is 15.2 Å². The molecule has 0 saturated heterocycles. The first-order chi connectivity index (χ1) is 8.65. The molecular formula is C14H19NO3. The Labute approximate surface area is 107 Å². The van der Waals surface area contributed by atoms with Crippen molar-refractivity contribution in [2.45, 2.75) is 25.9 Å². The summed E-state index contributed by atoms with van der Waals surface area (Å²) in [5, 5.41) is 12.3. The largest absolute Gasteiger partial charge is 0.484 e. The van der Waals surface area contributed by atoms with Crippen LogP contribution in [0.1, 0.15) is 31.4 Å². The van der Waals surface area contributed by atoms with Gasteiger partial charge in [-0.3, -0.25) is 4.79 Å². The first-order valence-electron chi connectivity index (χ1n) is 6.32. The van der Waals surface area contributed by atoms with Crippen LogP contribution in [0.2, 0.25) is 0 Å². The Morgan fingerprint density at radius 3 is 3.00 bits per heavy atom. The Hall–Kier alpha value is -1.55. The molecule has 1 aliphatic rings. The number of rotatable bonds is 6. The molecule has 0 bridgehead atoms. The topological polar surface area (TPSA) is 58.6 Å². The fraction of sp³-hybridized carbons (Fsp3) is 0.500. The van der Waals surface area contributed by atoms with E-state index in [2.05, 4.69) is 5.32 Å². The molecule has 2 rings (SSSR count). The van der Waals surface area contributed by atoms with Gasteiger partial charge in [0.1, 0.15) is 5.75 Å². The first-order valence-corrected chi connectivity index (χ1v) is 6.32. The lowest BCUT2D eigenvalue weighted by Gasteiger charge is -2.09. The number of amides is 1. The number of carbonyl (C=O) groups excluding carboxylic acids is 1. The van der Waals surface area contributed by atoms with Gasteiger partial charge in [0.05, 0.1) is 6.10 Å². The molecule has 4 heteroatoms. The average molecular weight is 249 g/mol. The molecule has 18 heavy (non-hydrogen) atoms. The van der Waals surface area contributed by atoms with Crippen molar-refractivity contribution in [3.8, 4) is 5.75 Å². The van der Waals surface area contributed by atoms with Gasteiger partial charge in [0.15, 0.2) is 6.61 Å². The monoisotopic (exact) mass is 249 g/mol. The molecule has 1 aromatic rings. The van der Waals surface area contributed by atoms with Crippen LogP contribution in [0.3, 0.4) is 0 Å². The zero-order chi connectivity index (χ0) is 13.0. The van der Waals surface area contributed by atoms with Crippen LogP contribution in [0, 0.1) is 5.92 Å². The number of hydrogen-bond acceptors (Lipinski definition) is 3. The lowest BCUT2D eigenvalue weighted by Crippen LogP contribution is -2.30. The summed E-state index contributed by atoms with van der Waals surface area (Å²) in [6.07, 6.45) is 1.91. The minimum Gasteiger partial charge on any atom is -0.484 e. The van der Waals surface area contributed by atoms with Gasteiger partial charge in [-0.2, -0.15) is 0 Å².